The highest BCUT2D eigenvalue weighted by Gasteiger charge is 2.43. The van der Waals surface area contributed by atoms with E-state index in [0.717, 1.165) is 0 Å². The summed E-state index contributed by atoms with van der Waals surface area (Å²) in [6, 6.07) is 0. The first-order valence-electron chi connectivity index (χ1n) is 6.05. The van der Waals surface area contributed by atoms with Crippen molar-refractivity contribution in [1.29, 1.82) is 0 Å². The molecule has 1 N–H and O–H groups in total. The van der Waals surface area contributed by atoms with Gasteiger partial charge in [-0.2, -0.15) is 0 Å². The number of rotatable bonds is 4. The summed E-state index contributed by atoms with van der Waals surface area (Å²) in [7, 11) is 0. The van der Waals surface area contributed by atoms with E-state index in [1.807, 2.05) is 13.8 Å². The van der Waals surface area contributed by atoms with Gasteiger partial charge in [-0.3, -0.25) is 9.59 Å². The number of nitrogens with one attached hydrogen (secondary N) is 1. The summed E-state index contributed by atoms with van der Waals surface area (Å²) in [4.78, 5) is 25.6. The molecule has 0 bridgehead atoms. The molecule has 1 aliphatic rings. The van der Waals surface area contributed by atoms with E-state index in [2.05, 4.69) is 19.2 Å². The summed E-state index contributed by atoms with van der Waals surface area (Å²) in [5.74, 6) is 0.427. The van der Waals surface area contributed by atoms with Crippen molar-refractivity contribution in [2.75, 3.05) is 13.1 Å². The van der Waals surface area contributed by atoms with Gasteiger partial charge < -0.3 is 10.2 Å². The molecule has 16 heavy (non-hydrogen) atoms. The van der Waals surface area contributed by atoms with Gasteiger partial charge in [0, 0.05) is 6.54 Å². The van der Waals surface area contributed by atoms with Gasteiger partial charge >= 0.3 is 0 Å². The molecule has 0 aromatic rings. The highest BCUT2D eigenvalue weighted by Crippen LogP contribution is 2.22. The van der Waals surface area contributed by atoms with Crippen LogP contribution in [0.15, 0.2) is 0 Å². The largest absolute Gasteiger partial charge is 0.340 e. The maximum atomic E-state index is 12.3. The van der Waals surface area contributed by atoms with Crippen LogP contribution in [0.25, 0.3) is 0 Å². The molecule has 1 rings (SSSR count). The summed E-state index contributed by atoms with van der Waals surface area (Å²) in [5, 5.41) is 2.85. The van der Waals surface area contributed by atoms with Crippen molar-refractivity contribution in [2.24, 2.45) is 5.92 Å². The number of hydrogen-bond donors (Lipinski definition) is 1. The molecular formula is C12H22N2O2. The Kier molecular flexibility index (Phi) is 3.94. The van der Waals surface area contributed by atoms with Gasteiger partial charge in [-0.25, -0.2) is 0 Å². The molecule has 0 aromatic heterocycles. The van der Waals surface area contributed by atoms with Crippen LogP contribution < -0.4 is 5.32 Å². The van der Waals surface area contributed by atoms with Gasteiger partial charge in [0.15, 0.2) is 0 Å². The van der Waals surface area contributed by atoms with Crippen molar-refractivity contribution in [3.05, 3.63) is 0 Å². The van der Waals surface area contributed by atoms with Crippen LogP contribution in [-0.4, -0.2) is 35.3 Å². The predicted octanol–water partition coefficient (Wildman–Crippen LogP) is 1.16. The van der Waals surface area contributed by atoms with E-state index >= 15 is 0 Å². The minimum Gasteiger partial charge on any atom is -0.340 e. The highest BCUT2D eigenvalue weighted by molar-refractivity contribution is 5.97. The quantitative estimate of drug-likeness (QED) is 0.782. The van der Waals surface area contributed by atoms with Crippen LogP contribution in [-0.2, 0) is 9.59 Å². The summed E-state index contributed by atoms with van der Waals surface area (Å²) in [5.41, 5.74) is -0.662. The van der Waals surface area contributed by atoms with Gasteiger partial charge in [0.05, 0.1) is 6.54 Å². The Morgan fingerprint density at radius 3 is 2.31 bits per heavy atom. The van der Waals surface area contributed by atoms with Crippen LogP contribution >= 0.6 is 0 Å². The van der Waals surface area contributed by atoms with Crippen LogP contribution in [0.5, 0.6) is 0 Å². The third-order valence-electron chi connectivity index (χ3n) is 3.20. The fourth-order valence-corrected chi connectivity index (χ4v) is 2.23. The van der Waals surface area contributed by atoms with Crippen molar-refractivity contribution >= 4 is 11.8 Å². The Labute approximate surface area is 97.4 Å². The lowest BCUT2D eigenvalue weighted by Crippen LogP contribution is -2.66. The van der Waals surface area contributed by atoms with Gasteiger partial charge in [-0.15, -0.1) is 0 Å². The lowest BCUT2D eigenvalue weighted by molar-refractivity contribution is -0.150. The van der Waals surface area contributed by atoms with Gasteiger partial charge in [-0.1, -0.05) is 27.7 Å². The van der Waals surface area contributed by atoms with Crippen molar-refractivity contribution < 1.29 is 9.59 Å². The normalized spacial score (nSPS) is 20.2. The topological polar surface area (TPSA) is 49.4 Å². The summed E-state index contributed by atoms with van der Waals surface area (Å²) >= 11 is 0. The average Bonchev–Trinajstić information content (AvgIpc) is 2.22. The summed E-state index contributed by atoms with van der Waals surface area (Å²) in [6.45, 7) is 8.87. The van der Waals surface area contributed by atoms with Gasteiger partial charge in [0.25, 0.3) is 0 Å². The van der Waals surface area contributed by atoms with Gasteiger partial charge in [0.2, 0.25) is 11.8 Å². The fraction of sp³-hybridized carbons (Fsp3) is 0.833. The third-order valence-corrected chi connectivity index (χ3v) is 3.20. The second-order valence-electron chi connectivity index (χ2n) is 4.92. The highest BCUT2D eigenvalue weighted by atomic mass is 16.2. The average molecular weight is 226 g/mol. The van der Waals surface area contributed by atoms with Crippen LogP contribution in [0.1, 0.15) is 40.5 Å². The molecule has 0 aliphatic carbocycles. The van der Waals surface area contributed by atoms with Gasteiger partial charge in [-0.05, 0) is 18.8 Å². The third kappa shape index (κ3) is 2.36. The smallest absolute Gasteiger partial charge is 0.248 e. The first-order valence-corrected chi connectivity index (χ1v) is 6.05. The molecule has 0 saturated carbocycles. The van der Waals surface area contributed by atoms with Crippen molar-refractivity contribution in [3.63, 3.8) is 0 Å². The molecule has 0 unspecified atom stereocenters. The number of carbonyl (C=O) groups excluding carboxylic acids is 2. The number of nitrogens with zero attached hydrogens (tertiary/aromatic N) is 1. The van der Waals surface area contributed by atoms with Crippen LogP contribution in [0.3, 0.4) is 0 Å². The van der Waals surface area contributed by atoms with Crippen LogP contribution in [0, 0.1) is 5.92 Å². The number of amides is 2. The number of carbonyl (C=O) groups is 2. The lowest BCUT2D eigenvalue weighted by Gasteiger charge is -2.41. The SMILES string of the molecule is CCC1(CC)NC(=O)CN(CC(C)C)C1=O. The zero-order valence-electron chi connectivity index (χ0n) is 10.7. The molecule has 2 amide bonds. The molecule has 0 atom stereocenters. The number of piperazine rings is 1. The standard InChI is InChI=1S/C12H22N2O2/c1-5-12(6-2)11(16)14(7-9(3)4)8-10(15)13-12/h9H,5-8H2,1-4H3,(H,13,15). The predicted molar refractivity (Wildman–Crippen MR) is 62.9 cm³/mol. The summed E-state index contributed by atoms with van der Waals surface area (Å²) < 4.78 is 0. The maximum absolute atomic E-state index is 12.3. The van der Waals surface area contributed by atoms with E-state index in [4.69, 9.17) is 0 Å². The van der Waals surface area contributed by atoms with Crippen LogP contribution in [0.2, 0.25) is 0 Å². The molecule has 1 aliphatic heterocycles. The molecule has 92 valence electrons. The Morgan fingerprint density at radius 1 is 1.31 bits per heavy atom. The van der Waals surface area contributed by atoms with Crippen molar-refractivity contribution in [2.45, 2.75) is 46.1 Å². The van der Waals surface area contributed by atoms with E-state index in [-0.39, 0.29) is 18.4 Å². The van der Waals surface area contributed by atoms with Crippen LogP contribution in [0.4, 0.5) is 0 Å². The minimum atomic E-state index is -0.662. The monoisotopic (exact) mass is 226 g/mol. The Morgan fingerprint density at radius 2 is 1.88 bits per heavy atom. The molecular weight excluding hydrogens is 204 g/mol. The molecule has 1 heterocycles. The molecule has 4 heteroatoms. The number of hydrogen-bond acceptors (Lipinski definition) is 2. The first kappa shape index (κ1) is 13.0. The van der Waals surface area contributed by atoms with E-state index in [0.29, 0.717) is 25.3 Å². The van der Waals surface area contributed by atoms with Crippen molar-refractivity contribution in [1.82, 2.24) is 10.2 Å². The molecule has 1 fully saturated rings. The molecule has 0 spiro atoms. The Bertz CT molecular complexity index is 283. The zero-order chi connectivity index (χ0) is 12.3. The van der Waals surface area contributed by atoms with E-state index < -0.39 is 5.54 Å². The molecule has 4 nitrogen and oxygen atoms in total. The minimum absolute atomic E-state index is 0.0380. The van der Waals surface area contributed by atoms with E-state index in [1.165, 1.54) is 0 Å². The second-order valence-corrected chi connectivity index (χ2v) is 4.92. The maximum Gasteiger partial charge on any atom is 0.248 e. The molecule has 1 saturated heterocycles. The summed E-state index contributed by atoms with van der Waals surface area (Å²) in [6.07, 6.45) is 1.31. The molecule has 0 aromatic carbocycles. The Balaban J connectivity index is 2.89. The van der Waals surface area contributed by atoms with Crippen molar-refractivity contribution in [3.8, 4) is 0 Å². The molecule has 0 radical (unpaired) electrons. The fourth-order valence-electron chi connectivity index (χ4n) is 2.23. The van der Waals surface area contributed by atoms with E-state index in [9.17, 15) is 9.59 Å². The first-order chi connectivity index (χ1) is 7.45. The zero-order valence-corrected chi connectivity index (χ0v) is 10.7. The van der Waals surface area contributed by atoms with E-state index in [1.54, 1.807) is 4.90 Å². The second kappa shape index (κ2) is 4.85. The Hall–Kier alpha value is -1.06. The van der Waals surface area contributed by atoms with Gasteiger partial charge in [0.1, 0.15) is 5.54 Å². The lowest BCUT2D eigenvalue weighted by atomic mass is 9.88.